The number of ether oxygens (including phenoxy) is 1. The normalized spacial score (nSPS) is 22.2. The Morgan fingerprint density at radius 2 is 2.35 bits per heavy atom. The zero-order valence-corrected chi connectivity index (χ0v) is 12.7. The van der Waals surface area contributed by atoms with Gasteiger partial charge in [0.25, 0.3) is 5.91 Å². The van der Waals surface area contributed by atoms with Gasteiger partial charge in [0.1, 0.15) is 0 Å². The Balaban J connectivity index is 0.00000200. The second-order valence-electron chi connectivity index (χ2n) is 4.90. The number of morpholine rings is 1. The van der Waals surface area contributed by atoms with Crippen LogP contribution in [0.5, 0.6) is 0 Å². The maximum Gasteiger partial charge on any atom is 0.254 e. The van der Waals surface area contributed by atoms with E-state index in [1.165, 1.54) is 0 Å². The number of rotatable bonds is 3. The van der Waals surface area contributed by atoms with E-state index in [9.17, 15) is 4.79 Å². The van der Waals surface area contributed by atoms with Gasteiger partial charge in [-0.2, -0.15) is 0 Å². The van der Waals surface area contributed by atoms with Crippen LogP contribution in [0.25, 0.3) is 0 Å². The van der Waals surface area contributed by atoms with Crippen molar-refractivity contribution in [3.63, 3.8) is 0 Å². The average molecular weight is 300 g/mol. The molecule has 2 atom stereocenters. The van der Waals surface area contributed by atoms with Crippen molar-refractivity contribution in [3.05, 3.63) is 29.6 Å². The van der Waals surface area contributed by atoms with Crippen LogP contribution in [0.4, 0.5) is 0 Å². The van der Waals surface area contributed by atoms with Crippen LogP contribution in [0.1, 0.15) is 36.3 Å². The smallest absolute Gasteiger partial charge is 0.254 e. The lowest BCUT2D eigenvalue weighted by Crippen LogP contribution is -2.51. The quantitative estimate of drug-likeness (QED) is 0.920. The Morgan fingerprint density at radius 3 is 3.00 bits per heavy atom. The van der Waals surface area contributed by atoms with Gasteiger partial charge in [0.2, 0.25) is 0 Å². The molecule has 0 spiro atoms. The van der Waals surface area contributed by atoms with E-state index in [1.807, 2.05) is 11.8 Å². The highest BCUT2D eigenvalue weighted by atomic mass is 35.5. The molecule has 1 aliphatic heterocycles. The third-order valence-electron chi connectivity index (χ3n) is 3.47. The summed E-state index contributed by atoms with van der Waals surface area (Å²) in [5.74, 6) is 0.0408. The Bertz CT molecular complexity index is 456. The number of hydrogen-bond acceptors (Lipinski definition) is 4. The summed E-state index contributed by atoms with van der Waals surface area (Å²) in [4.78, 5) is 18.6. The van der Waals surface area contributed by atoms with E-state index in [-0.39, 0.29) is 30.5 Å². The van der Waals surface area contributed by atoms with Crippen molar-refractivity contribution in [3.8, 4) is 0 Å². The van der Waals surface area contributed by atoms with Gasteiger partial charge in [0, 0.05) is 24.8 Å². The first kappa shape index (κ1) is 16.9. The molecular weight excluding hydrogens is 278 g/mol. The molecule has 1 amide bonds. The lowest BCUT2D eigenvalue weighted by atomic mass is 10.1. The predicted octanol–water partition coefficient (Wildman–Crippen LogP) is 1.60. The molecule has 20 heavy (non-hydrogen) atoms. The zero-order valence-electron chi connectivity index (χ0n) is 11.9. The minimum atomic E-state index is 0. The molecule has 0 aliphatic carbocycles. The van der Waals surface area contributed by atoms with Crippen molar-refractivity contribution < 1.29 is 9.53 Å². The third-order valence-corrected chi connectivity index (χ3v) is 3.47. The van der Waals surface area contributed by atoms with Crippen LogP contribution < -0.4 is 5.73 Å². The summed E-state index contributed by atoms with van der Waals surface area (Å²) in [5.41, 5.74) is 6.96. The maximum absolute atomic E-state index is 12.6. The molecule has 5 nitrogen and oxygen atoms in total. The Morgan fingerprint density at radius 1 is 1.60 bits per heavy atom. The number of hydrogen-bond donors (Lipinski definition) is 1. The minimum absolute atomic E-state index is 0. The predicted molar refractivity (Wildman–Crippen MR) is 79.9 cm³/mol. The van der Waals surface area contributed by atoms with Crippen LogP contribution in [0.3, 0.4) is 0 Å². The van der Waals surface area contributed by atoms with Crippen molar-refractivity contribution >= 4 is 18.3 Å². The van der Waals surface area contributed by atoms with Crippen LogP contribution in [-0.4, -0.2) is 41.1 Å². The number of nitrogens with zero attached hydrogens (tertiary/aromatic N) is 2. The standard InChI is InChI=1S/C14H21N3O2.ClH/c1-3-13-9-19-10(2)8-17(13)14(18)11-4-5-16-12(6-11)7-15;/h4-6,10,13H,3,7-9,15H2,1-2H3;1H. The summed E-state index contributed by atoms with van der Waals surface area (Å²) in [5, 5.41) is 0. The summed E-state index contributed by atoms with van der Waals surface area (Å²) in [7, 11) is 0. The molecule has 6 heteroatoms. The van der Waals surface area contributed by atoms with E-state index in [2.05, 4.69) is 11.9 Å². The fraction of sp³-hybridized carbons (Fsp3) is 0.571. The molecule has 2 N–H and O–H groups in total. The number of halogens is 1. The van der Waals surface area contributed by atoms with Gasteiger partial charge < -0.3 is 15.4 Å². The number of nitrogens with two attached hydrogens (primary N) is 1. The van der Waals surface area contributed by atoms with Crippen molar-refractivity contribution in [1.29, 1.82) is 0 Å². The summed E-state index contributed by atoms with van der Waals surface area (Å²) >= 11 is 0. The first-order chi connectivity index (χ1) is 9.15. The molecule has 0 saturated carbocycles. The number of carbonyl (C=O) groups is 1. The molecule has 2 unspecified atom stereocenters. The van der Waals surface area contributed by atoms with E-state index in [0.29, 0.717) is 25.3 Å². The second kappa shape index (κ2) is 7.57. The van der Waals surface area contributed by atoms with Gasteiger partial charge in [-0.25, -0.2) is 0 Å². The SMILES string of the molecule is CCC1COC(C)CN1C(=O)c1ccnc(CN)c1.Cl. The van der Waals surface area contributed by atoms with Gasteiger partial charge in [-0.15, -0.1) is 12.4 Å². The first-order valence-corrected chi connectivity index (χ1v) is 6.73. The number of pyridine rings is 1. The van der Waals surface area contributed by atoms with Crippen LogP contribution in [0, 0.1) is 0 Å². The maximum atomic E-state index is 12.6. The van der Waals surface area contributed by atoms with E-state index in [4.69, 9.17) is 10.5 Å². The largest absolute Gasteiger partial charge is 0.375 e. The summed E-state index contributed by atoms with van der Waals surface area (Å²) in [6.45, 7) is 5.65. The molecular formula is C14H22ClN3O2. The number of carbonyl (C=O) groups excluding carboxylic acids is 1. The highest BCUT2D eigenvalue weighted by Gasteiger charge is 2.30. The van der Waals surface area contributed by atoms with Gasteiger partial charge in [0.05, 0.1) is 24.4 Å². The van der Waals surface area contributed by atoms with Gasteiger partial charge >= 0.3 is 0 Å². The molecule has 112 valence electrons. The lowest BCUT2D eigenvalue weighted by molar-refractivity contribution is -0.0444. The number of amides is 1. The lowest BCUT2D eigenvalue weighted by Gasteiger charge is -2.38. The second-order valence-corrected chi connectivity index (χ2v) is 4.90. The van der Waals surface area contributed by atoms with E-state index < -0.39 is 0 Å². The van der Waals surface area contributed by atoms with Crippen molar-refractivity contribution in [2.24, 2.45) is 5.73 Å². The van der Waals surface area contributed by atoms with E-state index in [0.717, 1.165) is 12.1 Å². The van der Waals surface area contributed by atoms with Crippen molar-refractivity contribution in [1.82, 2.24) is 9.88 Å². The third kappa shape index (κ3) is 3.69. The Labute approximate surface area is 125 Å². The van der Waals surface area contributed by atoms with Gasteiger partial charge in [-0.1, -0.05) is 6.92 Å². The fourth-order valence-electron chi connectivity index (χ4n) is 2.32. The van der Waals surface area contributed by atoms with Gasteiger partial charge in [-0.05, 0) is 25.5 Å². The summed E-state index contributed by atoms with van der Waals surface area (Å²) in [6.07, 6.45) is 2.62. The van der Waals surface area contributed by atoms with Gasteiger partial charge in [0.15, 0.2) is 0 Å². The molecule has 1 fully saturated rings. The van der Waals surface area contributed by atoms with E-state index in [1.54, 1.807) is 18.3 Å². The Hall–Kier alpha value is -1.17. The fourth-order valence-corrected chi connectivity index (χ4v) is 2.32. The number of aromatic nitrogens is 1. The molecule has 2 heterocycles. The Kier molecular flexibility index (Phi) is 6.39. The summed E-state index contributed by atoms with van der Waals surface area (Å²) in [6, 6.07) is 3.67. The van der Waals surface area contributed by atoms with Crippen molar-refractivity contribution in [2.75, 3.05) is 13.2 Å². The molecule has 2 rings (SSSR count). The van der Waals surface area contributed by atoms with Crippen LogP contribution in [-0.2, 0) is 11.3 Å². The molecule has 1 aromatic heterocycles. The first-order valence-electron chi connectivity index (χ1n) is 6.73. The highest BCUT2D eigenvalue weighted by Crippen LogP contribution is 2.18. The van der Waals surface area contributed by atoms with Crippen LogP contribution >= 0.6 is 12.4 Å². The molecule has 1 saturated heterocycles. The van der Waals surface area contributed by atoms with Crippen LogP contribution in [0.15, 0.2) is 18.3 Å². The molecule has 0 radical (unpaired) electrons. The van der Waals surface area contributed by atoms with Crippen LogP contribution in [0.2, 0.25) is 0 Å². The minimum Gasteiger partial charge on any atom is -0.375 e. The van der Waals surface area contributed by atoms with E-state index >= 15 is 0 Å². The molecule has 1 aliphatic rings. The molecule has 0 bridgehead atoms. The zero-order chi connectivity index (χ0) is 13.8. The topological polar surface area (TPSA) is 68.5 Å². The average Bonchev–Trinajstić information content (AvgIpc) is 2.46. The summed E-state index contributed by atoms with van der Waals surface area (Å²) < 4.78 is 5.62. The molecule has 0 aromatic carbocycles. The molecule has 1 aromatic rings. The highest BCUT2D eigenvalue weighted by molar-refractivity contribution is 5.94. The monoisotopic (exact) mass is 299 g/mol. The van der Waals surface area contributed by atoms with Crippen molar-refractivity contribution in [2.45, 2.75) is 39.0 Å². The van der Waals surface area contributed by atoms with Gasteiger partial charge in [-0.3, -0.25) is 9.78 Å².